The number of aryl methyl sites for hydroxylation is 3. The van der Waals surface area contributed by atoms with Gasteiger partial charge in [-0.05, 0) is 58.2 Å². The van der Waals surface area contributed by atoms with E-state index in [1.165, 1.54) is 0 Å². The summed E-state index contributed by atoms with van der Waals surface area (Å²) in [4.78, 5) is 23.4. The fourth-order valence-corrected chi connectivity index (χ4v) is 2.33. The molecule has 0 heterocycles. The Kier molecular flexibility index (Phi) is 4.99. The SMILES string of the molecule is Cc1cc(C)c([C@@H](NC(=O)OC(C)(C)C)C(=O)O)c(C)c1. The average molecular weight is 293 g/mol. The first-order valence-electron chi connectivity index (χ1n) is 6.81. The van der Waals surface area contributed by atoms with Crippen molar-refractivity contribution >= 4 is 12.1 Å². The molecule has 1 amide bonds. The number of hydrogen-bond acceptors (Lipinski definition) is 3. The van der Waals surface area contributed by atoms with E-state index in [4.69, 9.17) is 4.74 Å². The van der Waals surface area contributed by atoms with Crippen LogP contribution in [0.15, 0.2) is 12.1 Å². The first kappa shape index (κ1) is 17.0. The van der Waals surface area contributed by atoms with Gasteiger partial charge in [0.05, 0.1) is 0 Å². The van der Waals surface area contributed by atoms with E-state index >= 15 is 0 Å². The number of benzene rings is 1. The zero-order valence-electron chi connectivity index (χ0n) is 13.4. The third-order valence-corrected chi connectivity index (χ3v) is 2.93. The summed E-state index contributed by atoms with van der Waals surface area (Å²) in [7, 11) is 0. The fraction of sp³-hybridized carbons (Fsp3) is 0.500. The highest BCUT2D eigenvalue weighted by Crippen LogP contribution is 2.24. The van der Waals surface area contributed by atoms with Crippen molar-refractivity contribution < 1.29 is 19.4 Å². The molecule has 116 valence electrons. The summed E-state index contributed by atoms with van der Waals surface area (Å²) in [6.45, 7) is 10.8. The molecular formula is C16H23NO4. The predicted octanol–water partition coefficient (Wildman–Crippen LogP) is 3.26. The molecule has 0 aromatic heterocycles. The van der Waals surface area contributed by atoms with Crippen molar-refractivity contribution in [1.82, 2.24) is 5.32 Å². The summed E-state index contributed by atoms with van der Waals surface area (Å²) >= 11 is 0. The van der Waals surface area contributed by atoms with Gasteiger partial charge in [-0.15, -0.1) is 0 Å². The summed E-state index contributed by atoms with van der Waals surface area (Å²) in [6.07, 6.45) is -0.741. The van der Waals surface area contributed by atoms with E-state index in [0.717, 1.165) is 16.7 Å². The molecule has 0 spiro atoms. The van der Waals surface area contributed by atoms with E-state index in [-0.39, 0.29) is 0 Å². The van der Waals surface area contributed by atoms with Crippen LogP contribution >= 0.6 is 0 Å². The molecule has 0 saturated heterocycles. The van der Waals surface area contributed by atoms with Crippen molar-refractivity contribution in [1.29, 1.82) is 0 Å². The molecule has 0 aliphatic carbocycles. The minimum Gasteiger partial charge on any atom is -0.479 e. The lowest BCUT2D eigenvalue weighted by Gasteiger charge is -2.24. The maximum atomic E-state index is 11.8. The lowest BCUT2D eigenvalue weighted by Crippen LogP contribution is -2.38. The van der Waals surface area contributed by atoms with Crippen LogP contribution in [0.5, 0.6) is 0 Å². The quantitative estimate of drug-likeness (QED) is 0.897. The van der Waals surface area contributed by atoms with E-state index in [1.807, 2.05) is 32.9 Å². The normalized spacial score (nSPS) is 12.7. The topological polar surface area (TPSA) is 75.6 Å². The molecule has 0 unspecified atom stereocenters. The van der Waals surface area contributed by atoms with E-state index in [2.05, 4.69) is 5.32 Å². The van der Waals surface area contributed by atoms with Gasteiger partial charge >= 0.3 is 12.1 Å². The van der Waals surface area contributed by atoms with Gasteiger partial charge < -0.3 is 15.2 Å². The average Bonchev–Trinajstić information content (AvgIpc) is 2.23. The van der Waals surface area contributed by atoms with E-state index in [1.54, 1.807) is 20.8 Å². The summed E-state index contributed by atoms with van der Waals surface area (Å²) < 4.78 is 5.13. The van der Waals surface area contributed by atoms with Gasteiger partial charge in [0.25, 0.3) is 0 Å². The Balaban J connectivity index is 3.09. The number of aliphatic carboxylic acids is 1. The first-order valence-corrected chi connectivity index (χ1v) is 6.81. The largest absolute Gasteiger partial charge is 0.479 e. The van der Waals surface area contributed by atoms with Gasteiger partial charge in [0.2, 0.25) is 0 Å². The Morgan fingerprint density at radius 3 is 2.00 bits per heavy atom. The lowest BCUT2D eigenvalue weighted by molar-refractivity contribution is -0.139. The molecular weight excluding hydrogens is 270 g/mol. The van der Waals surface area contributed by atoms with Gasteiger partial charge in [-0.25, -0.2) is 9.59 Å². The van der Waals surface area contributed by atoms with Crippen molar-refractivity contribution in [2.45, 2.75) is 53.2 Å². The summed E-state index contributed by atoms with van der Waals surface area (Å²) in [5.41, 5.74) is 2.63. The Labute approximate surface area is 125 Å². The van der Waals surface area contributed by atoms with Crippen LogP contribution in [0.3, 0.4) is 0 Å². The Morgan fingerprint density at radius 2 is 1.62 bits per heavy atom. The standard InChI is InChI=1S/C16H23NO4/c1-9-7-10(2)12(11(3)8-9)13(14(18)19)17-15(20)21-16(4,5)6/h7-8,13H,1-6H3,(H,17,20)(H,18,19)/t13-/m1/s1. The number of carbonyl (C=O) groups is 2. The van der Waals surface area contributed by atoms with E-state index in [9.17, 15) is 14.7 Å². The Bertz CT molecular complexity index is 535. The van der Waals surface area contributed by atoms with Gasteiger partial charge in [0, 0.05) is 0 Å². The molecule has 0 aliphatic heterocycles. The molecule has 0 aliphatic rings. The fourth-order valence-electron chi connectivity index (χ4n) is 2.33. The maximum Gasteiger partial charge on any atom is 0.408 e. The van der Waals surface area contributed by atoms with Crippen molar-refractivity contribution in [3.63, 3.8) is 0 Å². The molecule has 5 heteroatoms. The second-order valence-electron chi connectivity index (χ2n) is 6.23. The number of hydrogen-bond donors (Lipinski definition) is 2. The minimum atomic E-state index is -1.12. The minimum absolute atomic E-state index is 0.596. The summed E-state index contributed by atoms with van der Waals surface area (Å²) in [6, 6.07) is 2.67. The van der Waals surface area contributed by atoms with E-state index in [0.29, 0.717) is 5.56 Å². The zero-order valence-corrected chi connectivity index (χ0v) is 13.4. The number of carboxylic acid groups (broad SMARTS) is 1. The number of amides is 1. The number of carbonyl (C=O) groups excluding carboxylic acids is 1. The molecule has 2 N–H and O–H groups in total. The number of rotatable bonds is 3. The van der Waals surface area contributed by atoms with E-state index < -0.39 is 23.7 Å². The number of nitrogens with one attached hydrogen (secondary N) is 1. The van der Waals surface area contributed by atoms with Crippen molar-refractivity contribution in [2.75, 3.05) is 0 Å². The Hall–Kier alpha value is -2.04. The number of alkyl carbamates (subject to hydrolysis) is 1. The number of carboxylic acids is 1. The smallest absolute Gasteiger partial charge is 0.408 e. The molecule has 21 heavy (non-hydrogen) atoms. The van der Waals surface area contributed by atoms with Crippen LogP contribution in [0.2, 0.25) is 0 Å². The second kappa shape index (κ2) is 6.16. The third kappa shape index (κ3) is 4.77. The highest BCUT2D eigenvalue weighted by molar-refractivity contribution is 5.82. The van der Waals surface area contributed by atoms with Crippen LogP contribution in [0, 0.1) is 20.8 Å². The van der Waals surface area contributed by atoms with Crippen LogP contribution in [-0.4, -0.2) is 22.8 Å². The van der Waals surface area contributed by atoms with Crippen LogP contribution in [0.25, 0.3) is 0 Å². The van der Waals surface area contributed by atoms with Gasteiger partial charge in [-0.2, -0.15) is 0 Å². The van der Waals surface area contributed by atoms with Gasteiger partial charge in [-0.3, -0.25) is 0 Å². The molecule has 1 rings (SSSR count). The molecule has 0 saturated carbocycles. The van der Waals surface area contributed by atoms with Crippen molar-refractivity contribution in [3.05, 3.63) is 34.4 Å². The molecule has 0 bridgehead atoms. The van der Waals surface area contributed by atoms with Gasteiger partial charge in [0.1, 0.15) is 5.60 Å². The van der Waals surface area contributed by atoms with Crippen LogP contribution in [0.1, 0.15) is 49.1 Å². The van der Waals surface area contributed by atoms with Crippen molar-refractivity contribution in [2.24, 2.45) is 0 Å². The lowest BCUT2D eigenvalue weighted by atomic mass is 9.94. The molecule has 0 radical (unpaired) electrons. The third-order valence-electron chi connectivity index (χ3n) is 2.93. The highest BCUT2D eigenvalue weighted by atomic mass is 16.6. The molecule has 5 nitrogen and oxygen atoms in total. The van der Waals surface area contributed by atoms with Crippen LogP contribution in [0.4, 0.5) is 4.79 Å². The summed E-state index contributed by atoms with van der Waals surface area (Å²) in [5, 5.41) is 11.9. The monoisotopic (exact) mass is 293 g/mol. The molecule has 0 fully saturated rings. The molecule has 1 aromatic rings. The number of ether oxygens (including phenoxy) is 1. The zero-order chi connectivity index (χ0) is 16.4. The molecule has 1 aromatic carbocycles. The van der Waals surface area contributed by atoms with Crippen LogP contribution in [-0.2, 0) is 9.53 Å². The predicted molar refractivity (Wildman–Crippen MR) is 80.4 cm³/mol. The maximum absolute atomic E-state index is 11.8. The van der Waals surface area contributed by atoms with Gasteiger partial charge in [-0.1, -0.05) is 17.7 Å². The van der Waals surface area contributed by atoms with Crippen molar-refractivity contribution in [3.8, 4) is 0 Å². The van der Waals surface area contributed by atoms with Gasteiger partial charge in [0.15, 0.2) is 6.04 Å². The highest BCUT2D eigenvalue weighted by Gasteiger charge is 2.27. The first-order chi connectivity index (χ1) is 9.51. The molecule has 1 atom stereocenters. The second-order valence-corrected chi connectivity index (χ2v) is 6.23. The summed E-state index contributed by atoms with van der Waals surface area (Å²) in [5.74, 6) is -1.11. The van der Waals surface area contributed by atoms with Crippen LogP contribution < -0.4 is 5.32 Å². The Morgan fingerprint density at radius 1 is 1.14 bits per heavy atom.